The molecule has 21 heavy (non-hydrogen) atoms. The van der Waals surface area contributed by atoms with Gasteiger partial charge in [-0.2, -0.15) is 0 Å². The van der Waals surface area contributed by atoms with Crippen molar-refractivity contribution in [3.63, 3.8) is 0 Å². The van der Waals surface area contributed by atoms with E-state index in [-0.39, 0.29) is 18.0 Å². The van der Waals surface area contributed by atoms with Gasteiger partial charge >= 0.3 is 0 Å². The number of aromatic nitrogens is 1. The van der Waals surface area contributed by atoms with Gasteiger partial charge in [0.1, 0.15) is 5.76 Å². The predicted octanol–water partition coefficient (Wildman–Crippen LogP) is 0.996. The molecule has 6 heteroatoms. The molecule has 0 spiro atoms. The van der Waals surface area contributed by atoms with Crippen LogP contribution in [0.5, 0.6) is 0 Å². The van der Waals surface area contributed by atoms with Gasteiger partial charge in [-0.1, -0.05) is 6.42 Å². The van der Waals surface area contributed by atoms with Gasteiger partial charge in [-0.05, 0) is 45.7 Å². The standard InChI is InChI=1S/C15H23N3O3/c1-11-9-14(19)18(21-11)15(20)10-17-8-3-2-6-13(17)12-5-4-7-16-12/h9,12-13,16H,2-8,10H2,1H3. The van der Waals surface area contributed by atoms with Gasteiger partial charge in [0.05, 0.1) is 6.54 Å². The van der Waals surface area contributed by atoms with E-state index in [1.54, 1.807) is 6.92 Å². The zero-order chi connectivity index (χ0) is 14.8. The molecule has 0 aliphatic carbocycles. The number of carbonyl (C=O) groups excluding carboxylic acids is 1. The number of aryl methyl sites for hydroxylation is 1. The fourth-order valence-corrected chi connectivity index (χ4v) is 3.57. The Hall–Kier alpha value is -1.40. The Morgan fingerprint density at radius 2 is 2.24 bits per heavy atom. The predicted molar refractivity (Wildman–Crippen MR) is 78.6 cm³/mol. The van der Waals surface area contributed by atoms with Crippen molar-refractivity contribution in [3.8, 4) is 0 Å². The van der Waals surface area contributed by atoms with Crippen molar-refractivity contribution in [1.82, 2.24) is 15.0 Å². The molecule has 3 heterocycles. The summed E-state index contributed by atoms with van der Waals surface area (Å²) in [6.07, 6.45) is 5.84. The van der Waals surface area contributed by atoms with Crippen molar-refractivity contribution in [2.45, 2.75) is 51.1 Å². The molecule has 0 amide bonds. The number of rotatable bonds is 3. The van der Waals surface area contributed by atoms with E-state index in [4.69, 9.17) is 4.52 Å². The lowest BCUT2D eigenvalue weighted by molar-refractivity contribution is 0.0600. The lowest BCUT2D eigenvalue weighted by Gasteiger charge is -2.38. The van der Waals surface area contributed by atoms with Crippen LogP contribution in [0.3, 0.4) is 0 Å². The monoisotopic (exact) mass is 293 g/mol. The highest BCUT2D eigenvalue weighted by atomic mass is 16.5. The molecule has 2 atom stereocenters. The largest absolute Gasteiger partial charge is 0.373 e. The third-order valence-electron chi connectivity index (χ3n) is 4.55. The van der Waals surface area contributed by atoms with Crippen molar-refractivity contribution in [2.75, 3.05) is 19.6 Å². The molecule has 3 rings (SSSR count). The van der Waals surface area contributed by atoms with Crippen LogP contribution in [0.4, 0.5) is 0 Å². The molecule has 6 nitrogen and oxygen atoms in total. The summed E-state index contributed by atoms with van der Waals surface area (Å²) in [6, 6.07) is 2.23. The average molecular weight is 293 g/mol. The molecule has 2 unspecified atom stereocenters. The van der Waals surface area contributed by atoms with E-state index in [9.17, 15) is 9.59 Å². The summed E-state index contributed by atoms with van der Waals surface area (Å²) in [4.78, 5) is 26.2. The van der Waals surface area contributed by atoms with E-state index >= 15 is 0 Å². The van der Waals surface area contributed by atoms with Gasteiger partial charge in [0.15, 0.2) is 0 Å². The molecule has 0 saturated carbocycles. The molecule has 2 fully saturated rings. The summed E-state index contributed by atoms with van der Waals surface area (Å²) in [7, 11) is 0. The summed E-state index contributed by atoms with van der Waals surface area (Å²) in [5, 5.41) is 3.54. The summed E-state index contributed by atoms with van der Waals surface area (Å²) in [5.41, 5.74) is -0.370. The van der Waals surface area contributed by atoms with Gasteiger partial charge in [0, 0.05) is 18.2 Å². The Morgan fingerprint density at radius 3 is 2.90 bits per heavy atom. The van der Waals surface area contributed by atoms with Gasteiger partial charge in [-0.3, -0.25) is 14.5 Å². The molecule has 116 valence electrons. The Labute approximate surface area is 124 Å². The minimum absolute atomic E-state index is 0.260. The molecular weight excluding hydrogens is 270 g/mol. The maximum absolute atomic E-state index is 12.3. The molecule has 0 aromatic carbocycles. The summed E-state index contributed by atoms with van der Waals surface area (Å²) in [6.45, 7) is 3.93. The van der Waals surface area contributed by atoms with Crippen LogP contribution in [-0.2, 0) is 0 Å². The second-order valence-electron chi connectivity index (χ2n) is 6.11. The highest BCUT2D eigenvalue weighted by Gasteiger charge is 2.33. The quantitative estimate of drug-likeness (QED) is 0.900. The number of hydrogen-bond acceptors (Lipinski definition) is 5. The molecule has 1 aromatic heterocycles. The fourth-order valence-electron chi connectivity index (χ4n) is 3.57. The van der Waals surface area contributed by atoms with Crippen molar-refractivity contribution < 1.29 is 9.32 Å². The van der Waals surface area contributed by atoms with E-state index in [1.807, 2.05) is 0 Å². The van der Waals surface area contributed by atoms with E-state index in [0.717, 1.165) is 30.7 Å². The summed E-state index contributed by atoms with van der Waals surface area (Å²) in [5.74, 6) is 0.207. The normalized spacial score (nSPS) is 27.1. The highest BCUT2D eigenvalue weighted by Crippen LogP contribution is 2.24. The zero-order valence-electron chi connectivity index (χ0n) is 12.5. The number of carbonyl (C=O) groups is 1. The van der Waals surface area contributed by atoms with Crippen LogP contribution >= 0.6 is 0 Å². The number of hydrogen-bond donors (Lipinski definition) is 1. The number of piperidine rings is 1. The minimum atomic E-state index is -0.370. The number of nitrogens with one attached hydrogen (secondary N) is 1. The first-order chi connectivity index (χ1) is 10.1. The van der Waals surface area contributed by atoms with Crippen LogP contribution in [0.2, 0.25) is 0 Å². The highest BCUT2D eigenvalue weighted by molar-refractivity contribution is 5.79. The maximum atomic E-state index is 12.3. The van der Waals surface area contributed by atoms with Gasteiger partial charge < -0.3 is 9.84 Å². The smallest absolute Gasteiger partial charge is 0.290 e. The first kappa shape index (κ1) is 14.5. The van der Waals surface area contributed by atoms with Gasteiger partial charge in [-0.25, -0.2) is 0 Å². The van der Waals surface area contributed by atoms with Crippen LogP contribution in [0.15, 0.2) is 15.4 Å². The maximum Gasteiger partial charge on any atom is 0.290 e. The molecule has 0 radical (unpaired) electrons. The fraction of sp³-hybridized carbons (Fsp3) is 0.733. The Bertz CT molecular complexity index is 557. The first-order valence-corrected chi connectivity index (χ1v) is 7.86. The SMILES string of the molecule is Cc1cc(=O)n(C(=O)CN2CCCCC2C2CCCN2)o1. The topological polar surface area (TPSA) is 67.5 Å². The van der Waals surface area contributed by atoms with Crippen molar-refractivity contribution in [1.29, 1.82) is 0 Å². The summed E-state index contributed by atoms with van der Waals surface area (Å²) >= 11 is 0. The second kappa shape index (κ2) is 6.15. The van der Waals surface area contributed by atoms with E-state index in [1.165, 1.54) is 25.3 Å². The Kier molecular flexibility index (Phi) is 4.26. The van der Waals surface area contributed by atoms with Crippen LogP contribution in [0, 0.1) is 6.92 Å². The molecule has 1 aromatic rings. The Balaban J connectivity index is 1.70. The molecule has 0 bridgehead atoms. The van der Waals surface area contributed by atoms with Crippen LogP contribution in [0.25, 0.3) is 0 Å². The summed E-state index contributed by atoms with van der Waals surface area (Å²) < 4.78 is 6.08. The van der Waals surface area contributed by atoms with Gasteiger partial charge in [0.25, 0.3) is 11.5 Å². The first-order valence-electron chi connectivity index (χ1n) is 7.86. The third kappa shape index (κ3) is 3.11. The van der Waals surface area contributed by atoms with Gasteiger partial charge in [-0.15, -0.1) is 4.74 Å². The molecule has 1 N–H and O–H groups in total. The third-order valence-corrected chi connectivity index (χ3v) is 4.55. The van der Waals surface area contributed by atoms with E-state index in [2.05, 4.69) is 10.2 Å². The van der Waals surface area contributed by atoms with Crippen LogP contribution in [-0.4, -0.2) is 47.3 Å². The molecule has 2 aliphatic rings. The van der Waals surface area contributed by atoms with Crippen molar-refractivity contribution >= 4 is 5.91 Å². The van der Waals surface area contributed by atoms with E-state index < -0.39 is 0 Å². The van der Waals surface area contributed by atoms with Crippen LogP contribution in [0.1, 0.15) is 42.7 Å². The lowest BCUT2D eigenvalue weighted by atomic mass is 9.94. The van der Waals surface area contributed by atoms with Gasteiger partial charge in [0.2, 0.25) is 0 Å². The number of nitrogens with zero attached hydrogens (tertiary/aromatic N) is 2. The number of likely N-dealkylation sites (tertiary alicyclic amines) is 1. The lowest BCUT2D eigenvalue weighted by Crippen LogP contribution is -2.52. The molecule has 2 aliphatic heterocycles. The van der Waals surface area contributed by atoms with Crippen molar-refractivity contribution in [2.24, 2.45) is 0 Å². The second-order valence-corrected chi connectivity index (χ2v) is 6.11. The zero-order valence-corrected chi connectivity index (χ0v) is 12.5. The minimum Gasteiger partial charge on any atom is -0.373 e. The Morgan fingerprint density at radius 1 is 1.38 bits per heavy atom. The van der Waals surface area contributed by atoms with Crippen LogP contribution < -0.4 is 10.9 Å². The average Bonchev–Trinajstić information content (AvgIpc) is 3.09. The molecular formula is C15H23N3O3. The van der Waals surface area contributed by atoms with E-state index in [0.29, 0.717) is 17.8 Å². The van der Waals surface area contributed by atoms with Crippen molar-refractivity contribution in [3.05, 3.63) is 22.2 Å². The molecule has 2 saturated heterocycles.